The minimum absolute atomic E-state index is 0. The number of hydrogen-bond donors (Lipinski definition) is 2. The van der Waals surface area contributed by atoms with Crippen molar-refractivity contribution in [2.45, 2.75) is 26.9 Å². The Morgan fingerprint density at radius 3 is 2.45 bits per heavy atom. The molecule has 2 aromatic rings. The zero-order valence-corrected chi connectivity index (χ0v) is 19.4. The number of halogens is 2. The topological polar surface area (TPSA) is 72.0 Å². The molecule has 0 saturated carbocycles. The lowest BCUT2D eigenvalue weighted by molar-refractivity contribution is 0.0597. The van der Waals surface area contributed by atoms with Crippen molar-refractivity contribution in [3.63, 3.8) is 0 Å². The van der Waals surface area contributed by atoms with Crippen molar-refractivity contribution in [2.75, 3.05) is 20.8 Å². The van der Waals surface area contributed by atoms with E-state index in [0.29, 0.717) is 42.5 Å². The number of ether oxygens (including phenoxy) is 2. The lowest BCUT2D eigenvalue weighted by Gasteiger charge is -2.13. The molecule has 2 N–H and O–H groups in total. The van der Waals surface area contributed by atoms with Crippen LogP contribution in [-0.2, 0) is 17.8 Å². The SMILES string of the molecule is CCNC(=NCc1ccc(C)c(F)c1)NCc1ccc(OC)c(C(=O)OC)c1.I. The van der Waals surface area contributed by atoms with Gasteiger partial charge in [-0.15, -0.1) is 24.0 Å². The van der Waals surface area contributed by atoms with Gasteiger partial charge in [0, 0.05) is 13.1 Å². The summed E-state index contributed by atoms with van der Waals surface area (Å²) in [6.07, 6.45) is 0. The number of aryl methyl sites for hydroxylation is 1. The van der Waals surface area contributed by atoms with Crippen LogP contribution in [-0.4, -0.2) is 32.7 Å². The standard InChI is InChI=1S/C21H26FN3O3.HI/c1-5-23-21(25-13-16-7-6-14(2)18(22)11-16)24-12-15-8-9-19(27-3)17(10-15)20(26)28-4;/h6-11H,5,12-13H2,1-4H3,(H2,23,24,25);1H. The number of hydrogen-bond acceptors (Lipinski definition) is 4. The highest BCUT2D eigenvalue weighted by Gasteiger charge is 2.13. The van der Waals surface area contributed by atoms with Gasteiger partial charge >= 0.3 is 5.97 Å². The second kappa shape index (κ2) is 12.3. The Balaban J connectivity index is 0.00000420. The maximum Gasteiger partial charge on any atom is 0.341 e. The molecule has 2 aromatic carbocycles. The molecule has 2 rings (SSSR count). The third-order valence-corrected chi connectivity index (χ3v) is 4.13. The van der Waals surface area contributed by atoms with Crippen molar-refractivity contribution in [3.8, 4) is 5.75 Å². The van der Waals surface area contributed by atoms with E-state index in [1.54, 1.807) is 25.1 Å². The molecule has 0 aliphatic rings. The van der Waals surface area contributed by atoms with E-state index in [1.165, 1.54) is 20.3 Å². The van der Waals surface area contributed by atoms with E-state index in [-0.39, 0.29) is 29.8 Å². The Kier molecular flexibility index (Phi) is 10.4. The van der Waals surface area contributed by atoms with E-state index in [2.05, 4.69) is 15.6 Å². The number of benzene rings is 2. The summed E-state index contributed by atoms with van der Waals surface area (Å²) in [5.41, 5.74) is 2.63. The second-order valence-electron chi connectivity index (χ2n) is 6.16. The molecule has 29 heavy (non-hydrogen) atoms. The summed E-state index contributed by atoms with van der Waals surface area (Å²) < 4.78 is 23.7. The van der Waals surface area contributed by atoms with E-state index < -0.39 is 5.97 Å². The van der Waals surface area contributed by atoms with Crippen LogP contribution in [0.5, 0.6) is 5.75 Å². The van der Waals surface area contributed by atoms with Crippen LogP contribution in [0.3, 0.4) is 0 Å². The highest BCUT2D eigenvalue weighted by Crippen LogP contribution is 2.20. The van der Waals surface area contributed by atoms with Gasteiger partial charge in [-0.1, -0.05) is 18.2 Å². The van der Waals surface area contributed by atoms with Gasteiger partial charge in [0.2, 0.25) is 0 Å². The number of nitrogens with one attached hydrogen (secondary N) is 2. The molecule has 0 amide bonds. The first-order valence-electron chi connectivity index (χ1n) is 9.01. The predicted octanol–water partition coefficient (Wildman–Crippen LogP) is 3.80. The van der Waals surface area contributed by atoms with Gasteiger partial charge in [-0.2, -0.15) is 0 Å². The monoisotopic (exact) mass is 515 g/mol. The van der Waals surface area contributed by atoms with E-state index >= 15 is 0 Å². The number of carbonyl (C=O) groups is 1. The van der Waals surface area contributed by atoms with Crippen LogP contribution in [0.25, 0.3) is 0 Å². The fraction of sp³-hybridized carbons (Fsp3) is 0.333. The van der Waals surface area contributed by atoms with E-state index in [9.17, 15) is 9.18 Å². The van der Waals surface area contributed by atoms with Gasteiger partial charge in [0.05, 0.1) is 20.8 Å². The summed E-state index contributed by atoms with van der Waals surface area (Å²) in [6.45, 7) is 5.17. The molecule has 0 spiro atoms. The molecular weight excluding hydrogens is 488 g/mol. The molecule has 6 nitrogen and oxygen atoms in total. The molecule has 0 atom stereocenters. The lowest BCUT2D eigenvalue weighted by Crippen LogP contribution is -2.36. The fourth-order valence-corrected chi connectivity index (χ4v) is 2.57. The zero-order valence-electron chi connectivity index (χ0n) is 17.0. The number of esters is 1. The third kappa shape index (κ3) is 7.19. The van der Waals surface area contributed by atoms with Crippen LogP contribution in [0.2, 0.25) is 0 Å². The Bertz CT molecular complexity index is 859. The first-order valence-corrected chi connectivity index (χ1v) is 9.01. The normalized spacial score (nSPS) is 10.7. The largest absolute Gasteiger partial charge is 0.496 e. The Hall–Kier alpha value is -2.36. The van der Waals surface area contributed by atoms with Gasteiger partial charge in [-0.05, 0) is 48.7 Å². The van der Waals surface area contributed by atoms with Gasteiger partial charge in [-0.25, -0.2) is 14.2 Å². The van der Waals surface area contributed by atoms with Crippen molar-refractivity contribution in [3.05, 3.63) is 64.5 Å². The summed E-state index contributed by atoms with van der Waals surface area (Å²) >= 11 is 0. The van der Waals surface area contributed by atoms with Crippen LogP contribution in [0.1, 0.15) is 34.0 Å². The summed E-state index contributed by atoms with van der Waals surface area (Å²) in [7, 11) is 2.83. The summed E-state index contributed by atoms with van der Waals surface area (Å²) in [4.78, 5) is 16.4. The molecule has 0 fully saturated rings. The predicted molar refractivity (Wildman–Crippen MR) is 123 cm³/mol. The lowest BCUT2D eigenvalue weighted by atomic mass is 10.1. The van der Waals surface area contributed by atoms with Crippen molar-refractivity contribution in [1.82, 2.24) is 10.6 Å². The molecule has 0 heterocycles. The van der Waals surface area contributed by atoms with Crippen molar-refractivity contribution < 1.29 is 18.7 Å². The first kappa shape index (κ1) is 24.7. The highest BCUT2D eigenvalue weighted by molar-refractivity contribution is 14.0. The molecular formula is C21H27FIN3O3. The molecule has 0 unspecified atom stereocenters. The van der Waals surface area contributed by atoms with Crippen molar-refractivity contribution in [2.24, 2.45) is 4.99 Å². The van der Waals surface area contributed by atoms with Gasteiger partial charge in [-0.3, -0.25) is 0 Å². The molecule has 0 aromatic heterocycles. The van der Waals surface area contributed by atoms with Gasteiger partial charge < -0.3 is 20.1 Å². The summed E-state index contributed by atoms with van der Waals surface area (Å²) in [6, 6.07) is 10.4. The second-order valence-corrected chi connectivity index (χ2v) is 6.16. The molecule has 0 aliphatic carbocycles. The minimum atomic E-state index is -0.458. The molecule has 8 heteroatoms. The van der Waals surface area contributed by atoms with Crippen LogP contribution in [0.15, 0.2) is 41.4 Å². The number of carbonyl (C=O) groups excluding carboxylic acids is 1. The number of guanidine groups is 1. The Morgan fingerprint density at radius 2 is 1.83 bits per heavy atom. The van der Waals surface area contributed by atoms with Crippen LogP contribution >= 0.6 is 24.0 Å². The number of methoxy groups -OCH3 is 2. The van der Waals surface area contributed by atoms with Gasteiger partial charge in [0.25, 0.3) is 0 Å². The summed E-state index contributed by atoms with van der Waals surface area (Å²) in [5.74, 6) is 0.358. The van der Waals surface area contributed by atoms with Crippen LogP contribution < -0.4 is 15.4 Å². The van der Waals surface area contributed by atoms with Gasteiger partial charge in [0.15, 0.2) is 5.96 Å². The van der Waals surface area contributed by atoms with Crippen molar-refractivity contribution >= 4 is 35.9 Å². The average Bonchev–Trinajstić information content (AvgIpc) is 2.71. The van der Waals surface area contributed by atoms with E-state index in [0.717, 1.165) is 11.1 Å². The summed E-state index contributed by atoms with van der Waals surface area (Å²) in [5, 5.41) is 6.36. The molecule has 0 radical (unpaired) electrons. The molecule has 0 aliphatic heterocycles. The Labute approximate surface area is 187 Å². The first-order chi connectivity index (χ1) is 13.5. The van der Waals surface area contributed by atoms with Crippen LogP contribution in [0, 0.1) is 12.7 Å². The maximum absolute atomic E-state index is 13.7. The van der Waals surface area contributed by atoms with Crippen LogP contribution in [0.4, 0.5) is 4.39 Å². The fourth-order valence-electron chi connectivity index (χ4n) is 2.57. The quantitative estimate of drug-likeness (QED) is 0.254. The van der Waals surface area contributed by atoms with Crippen molar-refractivity contribution in [1.29, 1.82) is 0 Å². The highest BCUT2D eigenvalue weighted by atomic mass is 127. The Morgan fingerprint density at radius 1 is 1.10 bits per heavy atom. The average molecular weight is 515 g/mol. The molecule has 0 bridgehead atoms. The third-order valence-electron chi connectivity index (χ3n) is 4.13. The van der Waals surface area contributed by atoms with Gasteiger partial charge in [0.1, 0.15) is 17.1 Å². The minimum Gasteiger partial charge on any atom is -0.496 e. The van der Waals surface area contributed by atoms with E-state index in [4.69, 9.17) is 9.47 Å². The maximum atomic E-state index is 13.7. The zero-order chi connectivity index (χ0) is 20.5. The number of nitrogens with zero attached hydrogens (tertiary/aromatic N) is 1. The van der Waals surface area contributed by atoms with E-state index in [1.807, 2.05) is 19.1 Å². The molecule has 158 valence electrons. The molecule has 0 saturated heterocycles. The smallest absolute Gasteiger partial charge is 0.341 e. The number of rotatable bonds is 7. The number of aliphatic imine (C=N–C) groups is 1.